The molecule has 16 heavy (non-hydrogen) atoms. The summed E-state index contributed by atoms with van der Waals surface area (Å²) in [6.07, 6.45) is -1.55. The summed E-state index contributed by atoms with van der Waals surface area (Å²) >= 11 is 0. The number of rotatable bonds is 0. The van der Waals surface area contributed by atoms with Crippen LogP contribution in [0, 0.1) is 0 Å². The highest BCUT2D eigenvalue weighted by Crippen LogP contribution is 2.32. The second-order valence-electron chi connectivity index (χ2n) is 3.75. The molecule has 0 amide bonds. The van der Waals surface area contributed by atoms with Crippen molar-refractivity contribution in [1.82, 2.24) is 0 Å². The molecule has 1 aromatic carbocycles. The lowest BCUT2D eigenvalue weighted by Gasteiger charge is -2.11. The smallest absolute Gasteiger partial charge is 0.385 e. The zero-order chi connectivity index (χ0) is 10.9. The van der Waals surface area contributed by atoms with Gasteiger partial charge in [-0.2, -0.15) is 13.2 Å². The Morgan fingerprint density at radius 1 is 1.12 bits per heavy atom. The van der Waals surface area contributed by atoms with Gasteiger partial charge >= 0.3 is 6.18 Å². The molecule has 0 bridgehead atoms. The topological polar surface area (TPSA) is 12.0 Å². The van der Waals surface area contributed by atoms with Gasteiger partial charge in [-0.05, 0) is 43.0 Å². The zero-order valence-electron chi connectivity index (χ0n) is 8.60. The molecule has 1 aliphatic heterocycles. The largest absolute Gasteiger partial charge is 0.416 e. The number of alkyl halides is 3. The minimum atomic E-state index is -4.23. The lowest BCUT2D eigenvalue weighted by molar-refractivity contribution is -0.137. The van der Waals surface area contributed by atoms with Gasteiger partial charge in [-0.15, -0.1) is 12.4 Å². The van der Waals surface area contributed by atoms with Gasteiger partial charge in [-0.25, -0.2) is 0 Å². The first-order valence-corrected chi connectivity index (χ1v) is 5.01. The third-order valence-corrected chi connectivity index (χ3v) is 2.62. The van der Waals surface area contributed by atoms with E-state index in [1.165, 1.54) is 12.1 Å². The molecule has 0 saturated heterocycles. The minimum Gasteiger partial charge on any atom is -0.385 e. The summed E-state index contributed by atoms with van der Waals surface area (Å²) in [5, 5.41) is 3.14. The van der Waals surface area contributed by atoms with Gasteiger partial charge in [0.15, 0.2) is 0 Å². The molecule has 1 heterocycles. The van der Waals surface area contributed by atoms with Crippen LogP contribution in [0.2, 0.25) is 0 Å². The number of halogens is 4. The number of benzene rings is 1. The van der Waals surface area contributed by atoms with Crippen LogP contribution in [0.25, 0.3) is 0 Å². The molecule has 1 aliphatic rings. The Hall–Kier alpha value is -0.900. The van der Waals surface area contributed by atoms with E-state index in [4.69, 9.17) is 0 Å². The van der Waals surface area contributed by atoms with Gasteiger partial charge in [0.2, 0.25) is 0 Å². The SMILES string of the molecule is Cl.FC(F)(F)c1ccc2c(c1)CCCCN2. The number of hydrogen-bond donors (Lipinski definition) is 1. The van der Waals surface area contributed by atoms with E-state index in [1.807, 2.05) is 0 Å². The van der Waals surface area contributed by atoms with E-state index >= 15 is 0 Å². The second kappa shape index (κ2) is 4.95. The quantitative estimate of drug-likeness (QED) is 0.738. The summed E-state index contributed by atoms with van der Waals surface area (Å²) in [6.45, 7) is 0.846. The van der Waals surface area contributed by atoms with Gasteiger partial charge in [0, 0.05) is 12.2 Å². The Bertz CT molecular complexity index is 363. The number of fused-ring (bicyclic) bond motifs is 1. The van der Waals surface area contributed by atoms with E-state index in [2.05, 4.69) is 5.32 Å². The number of nitrogens with one attached hydrogen (secondary N) is 1. The fraction of sp³-hybridized carbons (Fsp3) is 0.455. The van der Waals surface area contributed by atoms with Crippen LogP contribution in [-0.2, 0) is 12.6 Å². The van der Waals surface area contributed by atoms with Crippen molar-refractivity contribution in [2.24, 2.45) is 0 Å². The summed E-state index contributed by atoms with van der Waals surface area (Å²) < 4.78 is 37.3. The van der Waals surface area contributed by atoms with Crippen LogP contribution in [0.4, 0.5) is 18.9 Å². The van der Waals surface area contributed by atoms with Crippen molar-refractivity contribution in [2.75, 3.05) is 11.9 Å². The van der Waals surface area contributed by atoms with Gasteiger partial charge in [-0.1, -0.05) is 0 Å². The average Bonchev–Trinajstić information content (AvgIpc) is 2.39. The summed E-state index contributed by atoms with van der Waals surface area (Å²) in [6, 6.07) is 3.92. The molecule has 0 atom stereocenters. The van der Waals surface area contributed by atoms with Crippen molar-refractivity contribution in [3.63, 3.8) is 0 Å². The van der Waals surface area contributed by atoms with Crippen molar-refractivity contribution < 1.29 is 13.2 Å². The van der Waals surface area contributed by atoms with E-state index < -0.39 is 11.7 Å². The molecular weight excluding hydrogens is 239 g/mol. The molecule has 5 heteroatoms. The summed E-state index contributed by atoms with van der Waals surface area (Å²) in [5.74, 6) is 0. The van der Waals surface area contributed by atoms with E-state index in [9.17, 15) is 13.2 Å². The minimum absolute atomic E-state index is 0. The molecular formula is C11H13ClF3N. The lowest BCUT2D eigenvalue weighted by atomic mass is 10.0. The molecule has 1 aromatic rings. The number of aryl methyl sites for hydroxylation is 1. The summed E-state index contributed by atoms with van der Waals surface area (Å²) in [5.41, 5.74) is 1.08. The van der Waals surface area contributed by atoms with Crippen LogP contribution < -0.4 is 5.32 Å². The molecule has 1 N–H and O–H groups in total. The molecule has 2 rings (SSSR count). The lowest BCUT2D eigenvalue weighted by Crippen LogP contribution is -2.06. The van der Waals surface area contributed by atoms with Gasteiger partial charge in [0.25, 0.3) is 0 Å². The van der Waals surface area contributed by atoms with E-state index in [1.54, 1.807) is 0 Å². The van der Waals surface area contributed by atoms with Gasteiger partial charge in [-0.3, -0.25) is 0 Å². The maximum atomic E-state index is 12.4. The molecule has 0 unspecified atom stereocenters. The maximum absolute atomic E-state index is 12.4. The highest BCUT2D eigenvalue weighted by molar-refractivity contribution is 5.85. The van der Waals surface area contributed by atoms with Gasteiger partial charge in [0.1, 0.15) is 0 Å². The number of anilines is 1. The number of hydrogen-bond acceptors (Lipinski definition) is 1. The first-order valence-electron chi connectivity index (χ1n) is 5.01. The third kappa shape index (κ3) is 2.82. The van der Waals surface area contributed by atoms with E-state index in [0.717, 1.165) is 43.1 Å². The summed E-state index contributed by atoms with van der Waals surface area (Å²) in [4.78, 5) is 0. The highest BCUT2D eigenvalue weighted by atomic mass is 35.5. The Kier molecular flexibility index (Phi) is 4.08. The van der Waals surface area contributed by atoms with Crippen molar-refractivity contribution in [2.45, 2.75) is 25.4 Å². The average molecular weight is 252 g/mol. The van der Waals surface area contributed by atoms with Gasteiger partial charge < -0.3 is 5.32 Å². The zero-order valence-corrected chi connectivity index (χ0v) is 9.42. The van der Waals surface area contributed by atoms with Gasteiger partial charge in [0.05, 0.1) is 5.56 Å². The first kappa shape index (κ1) is 13.2. The fourth-order valence-electron chi connectivity index (χ4n) is 1.81. The Labute approximate surface area is 98.4 Å². The molecule has 1 nitrogen and oxygen atoms in total. The molecule has 90 valence electrons. The first-order chi connectivity index (χ1) is 7.07. The van der Waals surface area contributed by atoms with Crippen LogP contribution in [0.1, 0.15) is 24.0 Å². The standard InChI is InChI=1S/C11H12F3N.ClH/c12-11(13,14)9-4-5-10-8(7-9)3-1-2-6-15-10;/h4-5,7,15H,1-3,6H2;1H. The van der Waals surface area contributed by atoms with Crippen molar-refractivity contribution in [3.05, 3.63) is 29.3 Å². The fourth-order valence-corrected chi connectivity index (χ4v) is 1.81. The third-order valence-electron chi connectivity index (χ3n) is 2.62. The Morgan fingerprint density at radius 3 is 2.56 bits per heavy atom. The normalized spacial score (nSPS) is 15.4. The highest BCUT2D eigenvalue weighted by Gasteiger charge is 2.30. The monoisotopic (exact) mass is 251 g/mol. The van der Waals surface area contributed by atoms with Crippen LogP contribution in [0.15, 0.2) is 18.2 Å². The predicted molar refractivity (Wildman–Crippen MR) is 60.1 cm³/mol. The van der Waals surface area contributed by atoms with Crippen LogP contribution in [0.5, 0.6) is 0 Å². The van der Waals surface area contributed by atoms with Crippen LogP contribution >= 0.6 is 12.4 Å². The molecule has 0 aromatic heterocycles. The van der Waals surface area contributed by atoms with Crippen LogP contribution in [-0.4, -0.2) is 6.54 Å². The Morgan fingerprint density at radius 2 is 1.88 bits per heavy atom. The predicted octanol–water partition coefficient (Wildman–Crippen LogP) is 3.88. The van der Waals surface area contributed by atoms with Crippen molar-refractivity contribution in [3.8, 4) is 0 Å². The maximum Gasteiger partial charge on any atom is 0.416 e. The molecule has 0 saturated carbocycles. The molecule has 0 spiro atoms. The van der Waals surface area contributed by atoms with E-state index in [-0.39, 0.29) is 12.4 Å². The second-order valence-corrected chi connectivity index (χ2v) is 3.75. The molecule has 0 radical (unpaired) electrons. The van der Waals surface area contributed by atoms with Crippen LogP contribution in [0.3, 0.4) is 0 Å². The van der Waals surface area contributed by atoms with E-state index in [0.29, 0.717) is 0 Å². The summed E-state index contributed by atoms with van der Waals surface area (Å²) in [7, 11) is 0. The van der Waals surface area contributed by atoms with Crippen molar-refractivity contribution >= 4 is 18.1 Å². The molecule has 0 fully saturated rings. The Balaban J connectivity index is 0.00000128. The van der Waals surface area contributed by atoms with Crippen molar-refractivity contribution in [1.29, 1.82) is 0 Å². The molecule has 0 aliphatic carbocycles.